The molecule has 0 fully saturated rings. The van der Waals surface area contributed by atoms with Crippen molar-refractivity contribution in [3.8, 4) is 23.0 Å². The number of nitrogens with zero attached hydrogens (tertiary/aromatic N) is 1. The highest BCUT2D eigenvalue weighted by molar-refractivity contribution is 7.88. The van der Waals surface area contributed by atoms with E-state index < -0.39 is 27.8 Å². The molecule has 0 amide bonds. The SMILES string of the molecule is COc1cc(OC)c(/C=C/NS(=O)(=O)Cc2ccc(OC)c(C(C(=O)O)[n+]3ccccc3)c2)c(OC)c1. The molecule has 0 spiro atoms. The van der Waals surface area contributed by atoms with Gasteiger partial charge in [0.05, 0.1) is 45.3 Å². The van der Waals surface area contributed by atoms with Crippen LogP contribution in [-0.4, -0.2) is 47.9 Å². The minimum Gasteiger partial charge on any atom is -0.496 e. The Hall–Kier alpha value is -4.25. The van der Waals surface area contributed by atoms with Gasteiger partial charge in [0, 0.05) is 30.5 Å². The van der Waals surface area contributed by atoms with Gasteiger partial charge in [-0.3, -0.25) is 4.72 Å². The predicted octanol–water partition coefficient (Wildman–Crippen LogP) is 2.77. The van der Waals surface area contributed by atoms with E-state index >= 15 is 0 Å². The van der Waals surface area contributed by atoms with E-state index in [2.05, 4.69) is 4.72 Å². The molecule has 2 aromatic carbocycles. The third-order valence-electron chi connectivity index (χ3n) is 5.47. The largest absolute Gasteiger partial charge is 0.496 e. The van der Waals surface area contributed by atoms with E-state index in [-0.39, 0.29) is 0 Å². The summed E-state index contributed by atoms with van der Waals surface area (Å²) in [5, 5.41) is 9.92. The van der Waals surface area contributed by atoms with Crippen molar-refractivity contribution in [3.63, 3.8) is 0 Å². The van der Waals surface area contributed by atoms with Crippen LogP contribution in [0.5, 0.6) is 23.0 Å². The van der Waals surface area contributed by atoms with Crippen molar-refractivity contribution in [2.75, 3.05) is 28.4 Å². The van der Waals surface area contributed by atoms with Gasteiger partial charge in [0.2, 0.25) is 10.0 Å². The molecule has 1 aromatic heterocycles. The Morgan fingerprint density at radius 1 is 0.946 bits per heavy atom. The molecule has 11 heteroatoms. The smallest absolute Gasteiger partial charge is 0.378 e. The minimum absolute atomic E-state index is 0.321. The number of pyridine rings is 1. The average molecular weight is 530 g/mol. The fourth-order valence-corrected chi connectivity index (χ4v) is 4.75. The van der Waals surface area contributed by atoms with Crippen LogP contribution in [0.1, 0.15) is 22.7 Å². The molecule has 1 heterocycles. The maximum Gasteiger partial charge on any atom is 0.378 e. The fourth-order valence-electron chi connectivity index (χ4n) is 3.77. The molecule has 0 aliphatic rings. The first-order valence-electron chi connectivity index (χ1n) is 11.0. The third-order valence-corrected chi connectivity index (χ3v) is 6.68. The molecule has 1 atom stereocenters. The summed E-state index contributed by atoms with van der Waals surface area (Å²) in [6, 6.07) is 12.0. The summed E-state index contributed by atoms with van der Waals surface area (Å²) in [5.41, 5.74) is 1.23. The van der Waals surface area contributed by atoms with Gasteiger partial charge in [0.25, 0.3) is 6.04 Å². The van der Waals surface area contributed by atoms with Crippen LogP contribution < -0.4 is 28.2 Å². The highest BCUT2D eigenvalue weighted by Gasteiger charge is 2.32. The summed E-state index contributed by atoms with van der Waals surface area (Å²) < 4.78 is 50.9. The first kappa shape index (κ1) is 27.3. The zero-order valence-electron chi connectivity index (χ0n) is 20.9. The van der Waals surface area contributed by atoms with Crippen LogP contribution >= 0.6 is 0 Å². The number of carboxylic acids is 1. The summed E-state index contributed by atoms with van der Waals surface area (Å²) in [4.78, 5) is 12.1. The quantitative estimate of drug-likeness (QED) is 0.343. The number of ether oxygens (including phenoxy) is 4. The van der Waals surface area contributed by atoms with Crippen molar-refractivity contribution in [2.45, 2.75) is 11.8 Å². The third kappa shape index (κ3) is 6.70. The predicted molar refractivity (Wildman–Crippen MR) is 136 cm³/mol. The number of carbonyl (C=O) groups is 1. The van der Waals surface area contributed by atoms with Crippen molar-refractivity contribution < 1.29 is 41.8 Å². The number of methoxy groups -OCH3 is 4. The van der Waals surface area contributed by atoms with Crippen LogP contribution in [0.15, 0.2) is 67.1 Å². The molecule has 196 valence electrons. The second-order valence-corrected chi connectivity index (χ2v) is 9.55. The number of carboxylic acid groups (broad SMARTS) is 1. The van der Waals surface area contributed by atoms with Gasteiger partial charge in [-0.25, -0.2) is 13.2 Å². The van der Waals surface area contributed by atoms with Gasteiger partial charge in [-0.05, 0) is 23.8 Å². The van der Waals surface area contributed by atoms with Crippen molar-refractivity contribution >= 4 is 22.1 Å². The molecule has 10 nitrogen and oxygen atoms in total. The second kappa shape index (κ2) is 12.1. The Kier molecular flexibility index (Phi) is 8.96. The molecule has 0 aliphatic heterocycles. The zero-order valence-corrected chi connectivity index (χ0v) is 21.7. The molecule has 1 unspecified atom stereocenters. The van der Waals surface area contributed by atoms with Crippen LogP contribution in [0.25, 0.3) is 6.08 Å². The standard InChI is InChI=1S/C26H28N2O8S/c1-33-19-15-23(35-3)20(24(16-19)36-4)10-11-27-37(31,32)17-18-8-9-22(34-2)21(14-18)25(26(29)30)28-12-6-5-7-13-28/h5-16,25,27H,17H2,1-4H3/p+1/b11-10+. The molecule has 0 radical (unpaired) electrons. The van der Waals surface area contributed by atoms with Crippen LogP contribution in [0.2, 0.25) is 0 Å². The molecule has 0 aliphatic carbocycles. The lowest BCUT2D eigenvalue weighted by Gasteiger charge is -2.14. The number of benzene rings is 2. The Bertz CT molecular complexity index is 1350. The number of rotatable bonds is 12. The van der Waals surface area contributed by atoms with Crippen LogP contribution in [0, 0.1) is 0 Å². The number of sulfonamides is 1. The molecule has 3 rings (SSSR count). The summed E-state index contributed by atoms with van der Waals surface area (Å²) in [6.07, 6.45) is 6.03. The van der Waals surface area contributed by atoms with Crippen molar-refractivity contribution in [2.24, 2.45) is 0 Å². The Morgan fingerprint density at radius 3 is 2.11 bits per heavy atom. The zero-order chi connectivity index (χ0) is 27.0. The van der Waals surface area contributed by atoms with Gasteiger partial charge in [0.1, 0.15) is 23.0 Å². The summed E-state index contributed by atoms with van der Waals surface area (Å²) in [5.74, 6) is 0.218. The molecule has 3 aromatic rings. The van der Waals surface area contributed by atoms with Gasteiger partial charge < -0.3 is 24.1 Å². The van der Waals surface area contributed by atoms with E-state index in [0.29, 0.717) is 39.7 Å². The lowest BCUT2D eigenvalue weighted by atomic mass is 10.0. The number of aliphatic carboxylic acids is 1. The summed E-state index contributed by atoms with van der Waals surface area (Å²) >= 11 is 0. The second-order valence-electron chi connectivity index (χ2n) is 7.80. The molecule has 0 bridgehead atoms. The monoisotopic (exact) mass is 529 g/mol. The average Bonchev–Trinajstić information content (AvgIpc) is 2.89. The van der Waals surface area contributed by atoms with Gasteiger partial charge in [-0.2, -0.15) is 4.57 Å². The number of hydrogen-bond donors (Lipinski definition) is 2. The van der Waals surface area contributed by atoms with Crippen LogP contribution in [0.3, 0.4) is 0 Å². The van der Waals surface area contributed by atoms with Crippen molar-refractivity contribution in [1.82, 2.24) is 4.72 Å². The summed E-state index contributed by atoms with van der Waals surface area (Å²) in [7, 11) is 2.06. The van der Waals surface area contributed by atoms with E-state index in [1.54, 1.807) is 54.9 Å². The topological polar surface area (TPSA) is 124 Å². The fraction of sp³-hybridized carbons (Fsp3) is 0.231. The van der Waals surface area contributed by atoms with Crippen molar-refractivity contribution in [1.29, 1.82) is 0 Å². The van der Waals surface area contributed by atoms with E-state index in [0.717, 1.165) is 0 Å². The van der Waals surface area contributed by atoms with E-state index in [1.165, 1.54) is 51.3 Å². The maximum absolute atomic E-state index is 12.8. The molecule has 2 N–H and O–H groups in total. The van der Waals surface area contributed by atoms with Gasteiger partial charge in [-0.1, -0.05) is 12.1 Å². The van der Waals surface area contributed by atoms with Crippen LogP contribution in [0.4, 0.5) is 0 Å². The molecule has 0 saturated carbocycles. The Morgan fingerprint density at radius 2 is 1.57 bits per heavy atom. The minimum atomic E-state index is -3.84. The van der Waals surface area contributed by atoms with E-state index in [4.69, 9.17) is 18.9 Å². The normalized spacial score (nSPS) is 12.1. The number of nitrogens with one attached hydrogen (secondary N) is 1. The Balaban J connectivity index is 1.87. The van der Waals surface area contributed by atoms with E-state index in [9.17, 15) is 18.3 Å². The lowest BCUT2D eigenvalue weighted by Crippen LogP contribution is -2.44. The lowest BCUT2D eigenvalue weighted by molar-refractivity contribution is -0.702. The number of hydrogen-bond acceptors (Lipinski definition) is 7. The van der Waals surface area contributed by atoms with Gasteiger partial charge in [-0.15, -0.1) is 0 Å². The highest BCUT2D eigenvalue weighted by atomic mass is 32.2. The van der Waals surface area contributed by atoms with E-state index in [1.807, 2.05) is 0 Å². The number of aromatic nitrogens is 1. The maximum atomic E-state index is 12.8. The molecular weight excluding hydrogens is 500 g/mol. The van der Waals surface area contributed by atoms with Gasteiger partial charge in [0.15, 0.2) is 12.4 Å². The van der Waals surface area contributed by atoms with Crippen molar-refractivity contribution in [3.05, 3.63) is 83.8 Å². The van der Waals surface area contributed by atoms with Gasteiger partial charge >= 0.3 is 5.97 Å². The summed E-state index contributed by atoms with van der Waals surface area (Å²) in [6.45, 7) is 0. The first-order valence-corrected chi connectivity index (χ1v) is 12.7. The highest BCUT2D eigenvalue weighted by Crippen LogP contribution is 2.35. The molecular formula is C26H29N2O8S+. The Labute approximate surface area is 215 Å². The molecule has 37 heavy (non-hydrogen) atoms. The molecule has 0 saturated heterocycles. The van der Waals surface area contributed by atoms with Crippen LogP contribution in [-0.2, 0) is 20.6 Å². The first-order chi connectivity index (χ1) is 17.7.